The predicted molar refractivity (Wildman–Crippen MR) is 102 cm³/mol. The number of aryl methyl sites for hydroxylation is 2. The molecule has 0 unspecified atom stereocenters. The Balaban J connectivity index is 1.50. The average Bonchev–Trinajstić information content (AvgIpc) is 2.64. The Hall–Kier alpha value is -2.14. The van der Waals surface area contributed by atoms with E-state index < -0.39 is 0 Å². The highest BCUT2D eigenvalue weighted by Crippen LogP contribution is 2.29. The van der Waals surface area contributed by atoms with Crippen LogP contribution in [0.1, 0.15) is 35.5 Å². The lowest BCUT2D eigenvalue weighted by atomic mass is 9.96. The maximum Gasteiger partial charge on any atom is 0.242 e. The van der Waals surface area contributed by atoms with Crippen molar-refractivity contribution in [1.29, 1.82) is 0 Å². The molecule has 2 aromatic rings. The van der Waals surface area contributed by atoms with E-state index in [4.69, 9.17) is 16.6 Å². The van der Waals surface area contributed by atoms with Gasteiger partial charge in [0.2, 0.25) is 5.91 Å². The summed E-state index contributed by atoms with van der Waals surface area (Å²) in [5.41, 5.74) is 3.53. The van der Waals surface area contributed by atoms with Crippen molar-refractivity contribution in [3.8, 4) is 0 Å². The standard InChI is InChI=1S/C20H23ClN4O/c1-14-22-18-5-3-2-4-17(18)20(23-14)25-11-10-24(19(26)13-25)12-15-6-8-16(21)9-7-15/h6-9H,2-5,10-13H2,1H3. The largest absolute Gasteiger partial charge is 0.345 e. The van der Waals surface area contributed by atoms with Gasteiger partial charge in [0.05, 0.1) is 6.54 Å². The Kier molecular flexibility index (Phi) is 4.81. The summed E-state index contributed by atoms with van der Waals surface area (Å²) in [5.74, 6) is 1.93. The number of anilines is 1. The number of rotatable bonds is 3. The van der Waals surface area contributed by atoms with E-state index in [0.29, 0.717) is 24.7 Å². The Morgan fingerprint density at radius 1 is 1.08 bits per heavy atom. The summed E-state index contributed by atoms with van der Waals surface area (Å²) in [6.07, 6.45) is 4.41. The van der Waals surface area contributed by atoms with Crippen molar-refractivity contribution in [2.75, 3.05) is 24.5 Å². The van der Waals surface area contributed by atoms with Crippen molar-refractivity contribution in [1.82, 2.24) is 14.9 Å². The summed E-state index contributed by atoms with van der Waals surface area (Å²) in [4.78, 5) is 26.1. The first-order valence-electron chi connectivity index (χ1n) is 9.24. The zero-order chi connectivity index (χ0) is 18.1. The van der Waals surface area contributed by atoms with Gasteiger partial charge in [-0.15, -0.1) is 0 Å². The van der Waals surface area contributed by atoms with Gasteiger partial charge in [0, 0.05) is 35.9 Å². The summed E-state index contributed by atoms with van der Waals surface area (Å²) < 4.78 is 0. The van der Waals surface area contributed by atoms with Crippen LogP contribution >= 0.6 is 11.6 Å². The molecule has 26 heavy (non-hydrogen) atoms. The third-order valence-corrected chi connectivity index (χ3v) is 5.43. The molecule has 6 heteroatoms. The van der Waals surface area contributed by atoms with Crippen LogP contribution in [-0.2, 0) is 24.2 Å². The molecule has 1 aliphatic heterocycles. The van der Waals surface area contributed by atoms with Crippen LogP contribution in [0.15, 0.2) is 24.3 Å². The summed E-state index contributed by atoms with van der Waals surface area (Å²) >= 11 is 5.94. The molecule has 0 radical (unpaired) electrons. The molecule has 2 heterocycles. The minimum absolute atomic E-state index is 0.145. The summed E-state index contributed by atoms with van der Waals surface area (Å²) in [6, 6.07) is 7.69. The molecule has 1 aliphatic carbocycles. The number of amides is 1. The summed E-state index contributed by atoms with van der Waals surface area (Å²) in [5, 5.41) is 0.716. The van der Waals surface area contributed by atoms with Crippen LogP contribution in [0.5, 0.6) is 0 Å². The molecular formula is C20H23ClN4O. The Bertz CT molecular complexity index is 821. The van der Waals surface area contributed by atoms with Gasteiger partial charge >= 0.3 is 0 Å². The first-order chi connectivity index (χ1) is 12.6. The number of aromatic nitrogens is 2. The van der Waals surface area contributed by atoms with Crippen LogP contribution in [0.4, 0.5) is 5.82 Å². The molecule has 5 nitrogen and oxygen atoms in total. The molecule has 0 atom stereocenters. The highest BCUT2D eigenvalue weighted by Gasteiger charge is 2.28. The zero-order valence-electron chi connectivity index (χ0n) is 15.0. The molecule has 0 N–H and O–H groups in total. The fraction of sp³-hybridized carbons (Fsp3) is 0.450. The number of benzene rings is 1. The lowest BCUT2D eigenvalue weighted by Gasteiger charge is -2.36. The van der Waals surface area contributed by atoms with Crippen LogP contribution < -0.4 is 4.90 Å². The van der Waals surface area contributed by atoms with E-state index >= 15 is 0 Å². The number of nitrogens with zero attached hydrogens (tertiary/aromatic N) is 4. The molecule has 1 aromatic heterocycles. The molecule has 1 saturated heterocycles. The molecule has 0 bridgehead atoms. The van der Waals surface area contributed by atoms with E-state index in [2.05, 4.69) is 9.88 Å². The van der Waals surface area contributed by atoms with Crippen molar-refractivity contribution in [3.05, 3.63) is 51.9 Å². The molecular weight excluding hydrogens is 348 g/mol. The van der Waals surface area contributed by atoms with Crippen LogP contribution in [0.25, 0.3) is 0 Å². The second-order valence-electron chi connectivity index (χ2n) is 7.09. The van der Waals surface area contributed by atoms with E-state index in [1.54, 1.807) is 0 Å². The minimum Gasteiger partial charge on any atom is -0.345 e. The molecule has 2 aliphatic rings. The van der Waals surface area contributed by atoms with Gasteiger partial charge in [0.25, 0.3) is 0 Å². The van der Waals surface area contributed by atoms with Gasteiger partial charge in [-0.3, -0.25) is 4.79 Å². The number of carbonyl (C=O) groups excluding carboxylic acids is 1. The van der Waals surface area contributed by atoms with Crippen molar-refractivity contribution in [3.63, 3.8) is 0 Å². The van der Waals surface area contributed by atoms with Gasteiger partial charge in [0.15, 0.2) is 0 Å². The first-order valence-corrected chi connectivity index (χ1v) is 9.61. The molecule has 1 aromatic carbocycles. The molecule has 0 spiro atoms. The second-order valence-corrected chi connectivity index (χ2v) is 7.53. The van der Waals surface area contributed by atoms with E-state index in [1.807, 2.05) is 36.1 Å². The highest BCUT2D eigenvalue weighted by molar-refractivity contribution is 6.30. The molecule has 1 fully saturated rings. The van der Waals surface area contributed by atoms with Crippen LogP contribution in [-0.4, -0.2) is 40.4 Å². The summed E-state index contributed by atoms with van der Waals surface area (Å²) in [6.45, 7) is 4.47. The van der Waals surface area contributed by atoms with E-state index in [0.717, 1.165) is 36.6 Å². The van der Waals surface area contributed by atoms with Crippen LogP contribution in [0.3, 0.4) is 0 Å². The van der Waals surface area contributed by atoms with Crippen LogP contribution in [0.2, 0.25) is 5.02 Å². The minimum atomic E-state index is 0.145. The third-order valence-electron chi connectivity index (χ3n) is 5.18. The molecule has 0 saturated carbocycles. The maximum atomic E-state index is 12.7. The SMILES string of the molecule is Cc1nc2c(c(N3CCN(Cc4ccc(Cl)cc4)C(=O)C3)n1)CCCC2. The number of piperazine rings is 1. The van der Waals surface area contributed by atoms with Gasteiger partial charge in [-0.05, 0) is 50.3 Å². The number of hydrogen-bond donors (Lipinski definition) is 0. The van der Waals surface area contributed by atoms with Crippen molar-refractivity contribution < 1.29 is 4.79 Å². The zero-order valence-corrected chi connectivity index (χ0v) is 15.8. The van der Waals surface area contributed by atoms with Crippen molar-refractivity contribution in [2.45, 2.75) is 39.2 Å². The van der Waals surface area contributed by atoms with E-state index in [-0.39, 0.29) is 5.91 Å². The fourth-order valence-electron chi connectivity index (χ4n) is 3.82. The second kappa shape index (κ2) is 7.23. The predicted octanol–water partition coefficient (Wildman–Crippen LogP) is 3.17. The van der Waals surface area contributed by atoms with Gasteiger partial charge in [0.1, 0.15) is 11.6 Å². The monoisotopic (exact) mass is 370 g/mol. The first kappa shape index (κ1) is 17.3. The number of fused-ring (bicyclic) bond motifs is 1. The Morgan fingerprint density at radius 3 is 2.62 bits per heavy atom. The van der Waals surface area contributed by atoms with Gasteiger partial charge in [-0.1, -0.05) is 23.7 Å². The average molecular weight is 371 g/mol. The van der Waals surface area contributed by atoms with Gasteiger partial charge < -0.3 is 9.80 Å². The van der Waals surface area contributed by atoms with Crippen molar-refractivity contribution in [2.24, 2.45) is 0 Å². The summed E-state index contributed by atoms with van der Waals surface area (Å²) in [7, 11) is 0. The topological polar surface area (TPSA) is 49.3 Å². The Morgan fingerprint density at radius 2 is 1.85 bits per heavy atom. The lowest BCUT2D eigenvalue weighted by Crippen LogP contribution is -2.50. The third kappa shape index (κ3) is 3.54. The number of hydrogen-bond acceptors (Lipinski definition) is 4. The van der Waals surface area contributed by atoms with Gasteiger partial charge in [-0.2, -0.15) is 0 Å². The quantitative estimate of drug-likeness (QED) is 0.832. The molecule has 136 valence electrons. The normalized spacial score (nSPS) is 17.4. The highest BCUT2D eigenvalue weighted by atomic mass is 35.5. The molecule has 4 rings (SSSR count). The lowest BCUT2D eigenvalue weighted by molar-refractivity contribution is -0.131. The smallest absolute Gasteiger partial charge is 0.242 e. The molecule has 1 amide bonds. The maximum absolute atomic E-state index is 12.7. The van der Waals surface area contributed by atoms with E-state index in [9.17, 15) is 4.79 Å². The van der Waals surface area contributed by atoms with E-state index in [1.165, 1.54) is 24.1 Å². The number of carbonyl (C=O) groups is 1. The van der Waals surface area contributed by atoms with Crippen LogP contribution in [0, 0.1) is 6.92 Å². The van der Waals surface area contributed by atoms with Gasteiger partial charge in [-0.25, -0.2) is 9.97 Å². The number of halogens is 1. The fourth-order valence-corrected chi connectivity index (χ4v) is 3.95. The van der Waals surface area contributed by atoms with Crippen molar-refractivity contribution >= 4 is 23.3 Å². The Labute approximate surface area is 159 Å².